The molecule has 0 aromatic heterocycles. The number of nitrogens with two attached hydrogens (primary N) is 1. The van der Waals surface area contributed by atoms with E-state index in [0.717, 1.165) is 18.6 Å². The van der Waals surface area contributed by atoms with Gasteiger partial charge in [0.1, 0.15) is 0 Å². The molecule has 0 aliphatic rings. The molecule has 1 atom stereocenters. The van der Waals surface area contributed by atoms with E-state index in [2.05, 4.69) is 5.32 Å². The number of anilines is 1. The lowest BCUT2D eigenvalue weighted by molar-refractivity contribution is -0.675. The summed E-state index contributed by atoms with van der Waals surface area (Å²) in [4.78, 5) is 11.5. The molecule has 0 bridgehead atoms. The lowest BCUT2D eigenvalue weighted by Gasteiger charge is -2.08. The van der Waals surface area contributed by atoms with Crippen molar-refractivity contribution in [2.75, 3.05) is 11.9 Å². The summed E-state index contributed by atoms with van der Waals surface area (Å²) in [6.45, 7) is 4.33. The maximum absolute atomic E-state index is 12.9. The van der Waals surface area contributed by atoms with Crippen LogP contribution in [0.3, 0.4) is 0 Å². The van der Waals surface area contributed by atoms with Crippen LogP contribution in [0.4, 0.5) is 14.5 Å². The SMILES string of the molecule is CC[C@@H](C)[NH2+]CC(=O)Nc1ccc(F)c(F)c1. The first kappa shape index (κ1) is 13.6. The van der Waals surface area contributed by atoms with Crippen molar-refractivity contribution >= 4 is 11.6 Å². The largest absolute Gasteiger partial charge is 0.336 e. The standard InChI is InChI=1S/C12H16F2N2O/c1-3-8(2)15-7-12(17)16-9-4-5-10(13)11(14)6-9/h4-6,8,15H,3,7H2,1-2H3,(H,16,17)/p+1/t8-/m1/s1. The zero-order valence-electron chi connectivity index (χ0n) is 9.97. The Morgan fingerprint density at radius 3 is 2.71 bits per heavy atom. The van der Waals surface area contributed by atoms with Gasteiger partial charge in [0.2, 0.25) is 0 Å². The number of carbonyl (C=O) groups is 1. The number of quaternary nitrogens is 1. The van der Waals surface area contributed by atoms with Crippen LogP contribution in [-0.4, -0.2) is 18.5 Å². The Kier molecular flexibility index (Phi) is 5.03. The van der Waals surface area contributed by atoms with Crippen molar-refractivity contribution in [3.8, 4) is 0 Å². The lowest BCUT2D eigenvalue weighted by atomic mass is 10.2. The molecule has 0 saturated carbocycles. The lowest BCUT2D eigenvalue weighted by Crippen LogP contribution is -2.90. The molecular formula is C12H17F2N2O+. The molecule has 17 heavy (non-hydrogen) atoms. The van der Waals surface area contributed by atoms with Gasteiger partial charge in [0.15, 0.2) is 18.2 Å². The Labute approximate surface area is 99.2 Å². The summed E-state index contributed by atoms with van der Waals surface area (Å²) in [6.07, 6.45) is 0.971. The number of rotatable bonds is 5. The molecule has 3 nitrogen and oxygen atoms in total. The molecule has 0 saturated heterocycles. The quantitative estimate of drug-likeness (QED) is 0.803. The number of benzene rings is 1. The normalized spacial score (nSPS) is 12.2. The molecule has 0 heterocycles. The van der Waals surface area contributed by atoms with E-state index in [1.165, 1.54) is 6.07 Å². The second-order valence-corrected chi connectivity index (χ2v) is 4.00. The first-order valence-corrected chi connectivity index (χ1v) is 5.61. The topological polar surface area (TPSA) is 45.7 Å². The predicted octanol–water partition coefficient (Wildman–Crippen LogP) is 1.27. The van der Waals surface area contributed by atoms with Crippen molar-refractivity contribution in [3.05, 3.63) is 29.8 Å². The summed E-state index contributed by atoms with van der Waals surface area (Å²) in [5.41, 5.74) is 0.270. The minimum Gasteiger partial charge on any atom is -0.336 e. The Balaban J connectivity index is 2.48. The van der Waals surface area contributed by atoms with Crippen LogP contribution in [0.1, 0.15) is 20.3 Å². The van der Waals surface area contributed by atoms with Crippen molar-refractivity contribution in [1.82, 2.24) is 0 Å². The van der Waals surface area contributed by atoms with E-state index in [0.29, 0.717) is 6.04 Å². The van der Waals surface area contributed by atoms with Crippen LogP contribution in [0.2, 0.25) is 0 Å². The van der Waals surface area contributed by atoms with Gasteiger partial charge in [-0.05, 0) is 25.5 Å². The fourth-order valence-corrected chi connectivity index (χ4v) is 1.26. The van der Waals surface area contributed by atoms with Crippen LogP contribution in [0, 0.1) is 11.6 Å². The van der Waals surface area contributed by atoms with E-state index in [1.807, 2.05) is 19.2 Å². The van der Waals surface area contributed by atoms with Crippen molar-refractivity contribution in [2.45, 2.75) is 26.3 Å². The molecule has 1 rings (SSSR count). The summed E-state index contributed by atoms with van der Waals surface area (Å²) >= 11 is 0. The third-order valence-corrected chi connectivity index (χ3v) is 2.55. The van der Waals surface area contributed by atoms with E-state index >= 15 is 0 Å². The minimum atomic E-state index is -0.964. The fraction of sp³-hybridized carbons (Fsp3) is 0.417. The molecule has 0 fully saturated rings. The van der Waals surface area contributed by atoms with Crippen LogP contribution < -0.4 is 10.6 Å². The highest BCUT2D eigenvalue weighted by atomic mass is 19.2. The Morgan fingerprint density at radius 1 is 1.41 bits per heavy atom. The van der Waals surface area contributed by atoms with Crippen LogP contribution in [0.5, 0.6) is 0 Å². The highest BCUT2D eigenvalue weighted by Gasteiger charge is 2.09. The third kappa shape index (κ3) is 4.48. The molecule has 94 valence electrons. The number of hydrogen-bond acceptors (Lipinski definition) is 1. The highest BCUT2D eigenvalue weighted by Crippen LogP contribution is 2.12. The smallest absolute Gasteiger partial charge is 0.279 e. The van der Waals surface area contributed by atoms with E-state index in [1.54, 1.807) is 0 Å². The number of amides is 1. The number of hydrogen-bond donors (Lipinski definition) is 2. The molecular weight excluding hydrogens is 226 g/mol. The molecule has 3 N–H and O–H groups in total. The Morgan fingerprint density at radius 2 is 2.12 bits per heavy atom. The molecule has 0 aliphatic heterocycles. The molecule has 0 radical (unpaired) electrons. The minimum absolute atomic E-state index is 0.226. The number of carbonyl (C=O) groups excluding carboxylic acids is 1. The van der Waals surface area contributed by atoms with E-state index in [-0.39, 0.29) is 18.1 Å². The zero-order chi connectivity index (χ0) is 12.8. The molecule has 1 aromatic carbocycles. The maximum Gasteiger partial charge on any atom is 0.279 e. The van der Waals surface area contributed by atoms with Gasteiger partial charge in [-0.15, -0.1) is 0 Å². The average Bonchev–Trinajstić information content (AvgIpc) is 2.31. The van der Waals surface area contributed by atoms with Crippen molar-refractivity contribution in [3.63, 3.8) is 0 Å². The van der Waals surface area contributed by atoms with E-state index < -0.39 is 11.6 Å². The van der Waals surface area contributed by atoms with Crippen LogP contribution in [0.25, 0.3) is 0 Å². The molecule has 1 amide bonds. The van der Waals surface area contributed by atoms with Gasteiger partial charge < -0.3 is 10.6 Å². The van der Waals surface area contributed by atoms with Crippen LogP contribution >= 0.6 is 0 Å². The van der Waals surface area contributed by atoms with Gasteiger partial charge in [0, 0.05) is 11.8 Å². The average molecular weight is 243 g/mol. The second-order valence-electron chi connectivity index (χ2n) is 4.00. The van der Waals surface area contributed by atoms with E-state index in [4.69, 9.17) is 0 Å². The molecule has 0 spiro atoms. The highest BCUT2D eigenvalue weighted by molar-refractivity contribution is 5.91. The maximum atomic E-state index is 12.9. The summed E-state index contributed by atoms with van der Waals surface area (Å²) in [6, 6.07) is 3.66. The van der Waals surface area contributed by atoms with Crippen molar-refractivity contribution in [2.24, 2.45) is 0 Å². The molecule has 0 aliphatic carbocycles. The first-order chi connectivity index (χ1) is 8.02. The van der Waals surface area contributed by atoms with Crippen LogP contribution in [-0.2, 0) is 4.79 Å². The Hall–Kier alpha value is -1.49. The molecule has 0 unspecified atom stereocenters. The summed E-state index contributed by atoms with van der Waals surface area (Å²) in [7, 11) is 0. The number of nitrogens with one attached hydrogen (secondary N) is 1. The van der Waals surface area contributed by atoms with Gasteiger partial charge in [-0.3, -0.25) is 4.79 Å². The summed E-state index contributed by atoms with van der Waals surface area (Å²) in [5.74, 6) is -2.11. The fourth-order valence-electron chi connectivity index (χ4n) is 1.26. The molecule has 5 heteroatoms. The zero-order valence-corrected chi connectivity index (χ0v) is 9.97. The summed E-state index contributed by atoms with van der Waals surface area (Å²) in [5, 5.41) is 4.41. The van der Waals surface area contributed by atoms with Crippen molar-refractivity contribution in [1.29, 1.82) is 0 Å². The third-order valence-electron chi connectivity index (χ3n) is 2.55. The van der Waals surface area contributed by atoms with Crippen molar-refractivity contribution < 1.29 is 18.9 Å². The van der Waals surface area contributed by atoms with Gasteiger partial charge >= 0.3 is 0 Å². The van der Waals surface area contributed by atoms with Gasteiger partial charge in [-0.25, -0.2) is 8.78 Å². The van der Waals surface area contributed by atoms with Gasteiger partial charge in [0.05, 0.1) is 6.04 Å². The number of halogens is 2. The van der Waals surface area contributed by atoms with Gasteiger partial charge in [0.25, 0.3) is 5.91 Å². The molecule has 1 aromatic rings. The predicted molar refractivity (Wildman–Crippen MR) is 61.5 cm³/mol. The monoisotopic (exact) mass is 243 g/mol. The van der Waals surface area contributed by atoms with Gasteiger partial charge in [-0.2, -0.15) is 0 Å². The van der Waals surface area contributed by atoms with E-state index in [9.17, 15) is 13.6 Å². The van der Waals surface area contributed by atoms with Gasteiger partial charge in [-0.1, -0.05) is 6.92 Å². The Bertz CT molecular complexity index is 396. The second kappa shape index (κ2) is 6.30. The van der Waals surface area contributed by atoms with Crippen LogP contribution in [0.15, 0.2) is 18.2 Å². The first-order valence-electron chi connectivity index (χ1n) is 5.61. The summed E-state index contributed by atoms with van der Waals surface area (Å²) < 4.78 is 25.5.